The molecule has 3 heterocycles. The van der Waals surface area contributed by atoms with Gasteiger partial charge in [-0.25, -0.2) is 0 Å². The van der Waals surface area contributed by atoms with E-state index >= 15 is 0 Å². The summed E-state index contributed by atoms with van der Waals surface area (Å²) in [5.74, 6) is -0.675. The number of ether oxygens (including phenoxy) is 2. The fourth-order valence-corrected chi connectivity index (χ4v) is 6.37. The van der Waals surface area contributed by atoms with Crippen molar-refractivity contribution in [1.29, 1.82) is 0 Å². The summed E-state index contributed by atoms with van der Waals surface area (Å²) in [4.78, 5) is 33.7. The average Bonchev–Trinajstić information content (AvgIpc) is 3.09. The molecule has 2 saturated heterocycles. The van der Waals surface area contributed by atoms with Crippen molar-refractivity contribution in [2.75, 3.05) is 20.8 Å². The number of benzene rings is 1. The maximum Gasteiger partial charge on any atom is 0.321 e. The Kier molecular flexibility index (Phi) is 3.71. The third kappa shape index (κ3) is 1.74. The molecule has 28 heavy (non-hydrogen) atoms. The molecule has 4 aliphatic rings. The minimum absolute atomic E-state index is 0.0533. The monoisotopic (exact) mass is 380 g/mol. The summed E-state index contributed by atoms with van der Waals surface area (Å²) in [6, 6.07) is 7.92. The van der Waals surface area contributed by atoms with Crippen molar-refractivity contribution in [2.24, 2.45) is 16.3 Å². The number of hydrogen-bond donors (Lipinski definition) is 0. The van der Waals surface area contributed by atoms with Gasteiger partial charge < -0.3 is 14.3 Å². The van der Waals surface area contributed by atoms with Gasteiger partial charge in [-0.1, -0.05) is 29.8 Å². The zero-order chi connectivity index (χ0) is 19.7. The second kappa shape index (κ2) is 5.84. The predicted octanol–water partition coefficient (Wildman–Crippen LogP) is 2.40. The summed E-state index contributed by atoms with van der Waals surface area (Å²) in [5, 5.41) is 0. The summed E-state index contributed by atoms with van der Waals surface area (Å²) >= 11 is 0. The lowest BCUT2D eigenvalue weighted by atomic mass is 9.43. The van der Waals surface area contributed by atoms with Gasteiger partial charge in [0.05, 0.1) is 24.3 Å². The largest absolute Gasteiger partial charge is 0.468 e. The number of carbonyl (C=O) groups is 2. The molecule has 6 heteroatoms. The van der Waals surface area contributed by atoms with Gasteiger partial charge in [0.1, 0.15) is 17.9 Å². The number of carbonyl (C=O) groups excluding carboxylic acids is 2. The van der Waals surface area contributed by atoms with Crippen LogP contribution in [0, 0.1) is 11.3 Å². The zero-order valence-electron chi connectivity index (χ0n) is 16.3. The van der Waals surface area contributed by atoms with E-state index in [2.05, 4.69) is 4.90 Å². The SMILES string of the molecule is C/C=C1\CN2[C@@H](OC)C[C@]34C(=Nc5ccccc53)[C@@H]2C[C@@H]1[C@@]4(C=O)C(=O)OC. The van der Waals surface area contributed by atoms with Crippen molar-refractivity contribution < 1.29 is 19.1 Å². The Balaban J connectivity index is 1.90. The molecule has 1 saturated carbocycles. The van der Waals surface area contributed by atoms with Gasteiger partial charge in [-0.15, -0.1) is 0 Å². The Morgan fingerprint density at radius 3 is 2.79 bits per heavy atom. The van der Waals surface area contributed by atoms with E-state index in [-0.39, 0.29) is 18.2 Å². The maximum atomic E-state index is 13.4. The number of allylic oxidation sites excluding steroid dienone is 1. The van der Waals surface area contributed by atoms with Crippen LogP contribution in [0.15, 0.2) is 40.9 Å². The number of aliphatic imine (C=N–C) groups is 1. The van der Waals surface area contributed by atoms with E-state index in [1.165, 1.54) is 7.11 Å². The number of esters is 1. The van der Waals surface area contributed by atoms with Crippen LogP contribution >= 0.6 is 0 Å². The van der Waals surface area contributed by atoms with Gasteiger partial charge in [0.25, 0.3) is 0 Å². The summed E-state index contributed by atoms with van der Waals surface area (Å²) in [7, 11) is 3.07. The van der Waals surface area contributed by atoms with E-state index in [0.717, 1.165) is 28.8 Å². The molecule has 146 valence electrons. The van der Waals surface area contributed by atoms with Crippen molar-refractivity contribution in [2.45, 2.75) is 37.5 Å². The van der Waals surface area contributed by atoms with E-state index < -0.39 is 16.8 Å². The van der Waals surface area contributed by atoms with Crippen molar-refractivity contribution in [1.82, 2.24) is 4.90 Å². The van der Waals surface area contributed by atoms with Crippen LogP contribution in [-0.2, 0) is 24.5 Å². The molecule has 0 spiro atoms. The molecule has 1 aromatic carbocycles. The molecule has 0 radical (unpaired) electrons. The smallest absolute Gasteiger partial charge is 0.321 e. The fourth-order valence-electron chi connectivity index (χ4n) is 6.37. The molecule has 1 aromatic rings. The number of rotatable bonds is 3. The lowest BCUT2D eigenvalue weighted by Gasteiger charge is -2.64. The molecule has 3 fully saturated rings. The third-order valence-corrected chi connectivity index (χ3v) is 7.49. The van der Waals surface area contributed by atoms with Crippen LogP contribution in [0.25, 0.3) is 0 Å². The molecular weight excluding hydrogens is 356 g/mol. The molecule has 5 rings (SSSR count). The molecule has 3 bridgehead atoms. The average molecular weight is 380 g/mol. The Labute approximate surface area is 164 Å². The molecule has 0 unspecified atom stereocenters. The first-order chi connectivity index (χ1) is 13.6. The molecule has 5 atom stereocenters. The molecule has 3 aliphatic heterocycles. The molecule has 0 amide bonds. The summed E-state index contributed by atoms with van der Waals surface area (Å²) < 4.78 is 11.2. The van der Waals surface area contributed by atoms with Crippen LogP contribution in [0.3, 0.4) is 0 Å². The number of aldehydes is 1. The van der Waals surface area contributed by atoms with Crippen LogP contribution < -0.4 is 0 Å². The number of para-hydroxylation sites is 1. The topological polar surface area (TPSA) is 68.2 Å². The number of piperidine rings is 2. The first kappa shape index (κ1) is 17.8. The van der Waals surface area contributed by atoms with Crippen LogP contribution in [0.2, 0.25) is 0 Å². The van der Waals surface area contributed by atoms with Crippen LogP contribution in [0.4, 0.5) is 5.69 Å². The second-order valence-electron chi connectivity index (χ2n) is 8.13. The van der Waals surface area contributed by atoms with Gasteiger partial charge in [-0.2, -0.15) is 0 Å². The predicted molar refractivity (Wildman–Crippen MR) is 104 cm³/mol. The minimum atomic E-state index is -1.34. The quantitative estimate of drug-likeness (QED) is 0.349. The highest BCUT2D eigenvalue weighted by molar-refractivity contribution is 6.15. The van der Waals surface area contributed by atoms with Gasteiger partial charge in [-0.05, 0) is 25.0 Å². The van der Waals surface area contributed by atoms with Gasteiger partial charge in [0, 0.05) is 31.7 Å². The normalized spacial score (nSPS) is 39.3. The van der Waals surface area contributed by atoms with Gasteiger partial charge in [-0.3, -0.25) is 14.7 Å². The molecule has 1 aliphatic carbocycles. The highest BCUT2D eigenvalue weighted by atomic mass is 16.5. The number of fused-ring (bicyclic) bond motifs is 2. The molecule has 0 N–H and O–H groups in total. The Bertz CT molecular complexity index is 938. The number of hydrogen-bond acceptors (Lipinski definition) is 6. The first-order valence-corrected chi connectivity index (χ1v) is 9.76. The van der Waals surface area contributed by atoms with Crippen molar-refractivity contribution in [3.63, 3.8) is 0 Å². The van der Waals surface area contributed by atoms with Gasteiger partial charge in [0.15, 0.2) is 0 Å². The van der Waals surface area contributed by atoms with Crippen molar-refractivity contribution in [3.8, 4) is 0 Å². The van der Waals surface area contributed by atoms with Gasteiger partial charge in [0.2, 0.25) is 0 Å². The highest BCUT2D eigenvalue weighted by Gasteiger charge is 2.75. The molecular formula is C22H24N2O4. The Morgan fingerprint density at radius 2 is 2.11 bits per heavy atom. The lowest BCUT2D eigenvalue weighted by molar-refractivity contribution is -0.176. The fraction of sp³-hybridized carbons (Fsp3) is 0.500. The van der Waals surface area contributed by atoms with E-state index in [1.807, 2.05) is 37.3 Å². The minimum Gasteiger partial charge on any atom is -0.468 e. The summed E-state index contributed by atoms with van der Waals surface area (Å²) in [6.07, 6.45) is 3.88. The van der Waals surface area contributed by atoms with E-state index in [1.54, 1.807) is 7.11 Å². The van der Waals surface area contributed by atoms with Crippen molar-refractivity contribution in [3.05, 3.63) is 41.5 Å². The maximum absolute atomic E-state index is 13.4. The second-order valence-corrected chi connectivity index (χ2v) is 8.13. The van der Waals surface area contributed by atoms with E-state index in [0.29, 0.717) is 19.4 Å². The third-order valence-electron chi connectivity index (χ3n) is 7.49. The molecule has 6 nitrogen and oxygen atoms in total. The van der Waals surface area contributed by atoms with E-state index in [4.69, 9.17) is 14.5 Å². The van der Waals surface area contributed by atoms with Crippen molar-refractivity contribution >= 4 is 23.7 Å². The first-order valence-electron chi connectivity index (χ1n) is 9.76. The van der Waals surface area contributed by atoms with E-state index in [9.17, 15) is 9.59 Å². The summed E-state index contributed by atoms with van der Waals surface area (Å²) in [6.45, 7) is 2.64. The van der Waals surface area contributed by atoms with Crippen LogP contribution in [0.5, 0.6) is 0 Å². The molecule has 0 aromatic heterocycles. The summed E-state index contributed by atoms with van der Waals surface area (Å²) in [5.41, 5.74) is 1.63. The highest BCUT2D eigenvalue weighted by Crippen LogP contribution is 2.66. The lowest BCUT2D eigenvalue weighted by Crippen LogP contribution is -2.76. The number of methoxy groups -OCH3 is 2. The standard InChI is InChI=1S/C22H24N2O4/c1-4-13-11-24-17-9-15(13)22(12-25,20(26)28-3)21(10-18(24)27-2)14-7-5-6-8-16(14)23-19(17)21/h4-8,12,15,17-18H,9-11H2,1-3H3/b13-4+/t15-,17-,18-,21+,22-/m0/s1. The Hall–Kier alpha value is -2.31. The van der Waals surface area contributed by atoms with Crippen LogP contribution in [-0.4, -0.2) is 55.9 Å². The van der Waals surface area contributed by atoms with Gasteiger partial charge >= 0.3 is 5.97 Å². The zero-order valence-corrected chi connectivity index (χ0v) is 16.3. The Morgan fingerprint density at radius 1 is 1.32 bits per heavy atom. The van der Waals surface area contributed by atoms with Crippen LogP contribution in [0.1, 0.15) is 25.3 Å². The number of nitrogens with zero attached hydrogens (tertiary/aromatic N) is 2.